The number of thioether (sulfide) groups is 1. The molecule has 9 heteroatoms. The molecular weight excluding hydrogens is 370 g/mol. The number of benzene rings is 1. The summed E-state index contributed by atoms with van der Waals surface area (Å²) in [4.78, 5) is 50.8. The summed E-state index contributed by atoms with van der Waals surface area (Å²) >= 11 is 1.22. The van der Waals surface area contributed by atoms with Crippen molar-refractivity contribution >= 4 is 41.0 Å². The van der Waals surface area contributed by atoms with E-state index in [1.807, 2.05) is 0 Å². The molecule has 8 nitrogen and oxygen atoms in total. The van der Waals surface area contributed by atoms with Gasteiger partial charge in [-0.1, -0.05) is 0 Å². The lowest BCUT2D eigenvalue weighted by Crippen LogP contribution is -2.82. The molecule has 1 aromatic rings. The number of hydrogen-bond donors (Lipinski definition) is 3. The molecule has 3 rings (SSSR count). The Kier molecular flexibility index (Phi) is 4.46. The summed E-state index contributed by atoms with van der Waals surface area (Å²) < 4.78 is -0.789. The van der Waals surface area contributed by atoms with Crippen LogP contribution in [0, 0.1) is 0 Å². The van der Waals surface area contributed by atoms with Crippen LogP contribution in [-0.2, 0) is 14.4 Å². The predicted molar refractivity (Wildman–Crippen MR) is 101 cm³/mol. The van der Waals surface area contributed by atoms with Gasteiger partial charge in [0.15, 0.2) is 5.78 Å². The van der Waals surface area contributed by atoms with Crippen molar-refractivity contribution in [2.45, 2.75) is 42.5 Å². The fraction of sp³-hybridized carbons (Fsp3) is 0.444. The average Bonchev–Trinajstić information content (AvgIpc) is 2.88. The summed E-state index contributed by atoms with van der Waals surface area (Å²) in [6.45, 7) is 4.66. The SMILES string of the molecule is CNc1ccc(C(=O)NC2(C(C)=O)C(=O)N3[C@@H](C(=O)O)C(C)(C)S[C@@H]32)cc1. The first-order chi connectivity index (χ1) is 12.6. The zero-order chi connectivity index (χ0) is 20.1. The highest BCUT2D eigenvalue weighted by Crippen LogP contribution is 2.55. The normalized spacial score (nSPS) is 28.1. The number of nitrogens with one attached hydrogen (secondary N) is 2. The van der Waals surface area contributed by atoms with Crippen LogP contribution in [0.15, 0.2) is 24.3 Å². The monoisotopic (exact) mass is 391 g/mol. The zero-order valence-corrected chi connectivity index (χ0v) is 16.2. The van der Waals surface area contributed by atoms with E-state index in [-0.39, 0.29) is 0 Å². The molecule has 0 saturated carbocycles. The van der Waals surface area contributed by atoms with Gasteiger partial charge in [0.05, 0.1) is 0 Å². The summed E-state index contributed by atoms with van der Waals surface area (Å²) in [5.74, 6) is -2.87. The third-order valence-electron chi connectivity index (χ3n) is 5.08. The molecule has 2 fully saturated rings. The van der Waals surface area contributed by atoms with E-state index in [0.717, 1.165) is 5.69 Å². The molecule has 2 saturated heterocycles. The first kappa shape index (κ1) is 19.2. The number of hydrogen-bond acceptors (Lipinski definition) is 6. The molecule has 2 amide bonds. The number of rotatable bonds is 5. The lowest BCUT2D eigenvalue weighted by atomic mass is 9.81. The molecule has 2 aliphatic heterocycles. The fourth-order valence-corrected chi connectivity index (χ4v) is 5.38. The molecule has 27 heavy (non-hydrogen) atoms. The Labute approximate surface area is 160 Å². The van der Waals surface area contributed by atoms with Gasteiger partial charge in [-0.25, -0.2) is 4.79 Å². The van der Waals surface area contributed by atoms with Gasteiger partial charge in [0.2, 0.25) is 5.54 Å². The van der Waals surface area contributed by atoms with Gasteiger partial charge < -0.3 is 20.6 Å². The minimum absolute atomic E-state index is 0.304. The van der Waals surface area contributed by atoms with Crippen LogP contribution in [0.25, 0.3) is 0 Å². The smallest absolute Gasteiger partial charge is 0.327 e. The lowest BCUT2D eigenvalue weighted by molar-refractivity contribution is -0.170. The minimum Gasteiger partial charge on any atom is -0.480 e. The number of carboxylic acid groups (broad SMARTS) is 1. The van der Waals surface area contributed by atoms with Crippen LogP contribution in [0.3, 0.4) is 0 Å². The van der Waals surface area contributed by atoms with Crippen LogP contribution in [0.1, 0.15) is 31.1 Å². The Morgan fingerprint density at radius 1 is 1.19 bits per heavy atom. The van der Waals surface area contributed by atoms with E-state index >= 15 is 0 Å². The van der Waals surface area contributed by atoms with E-state index in [0.29, 0.717) is 5.56 Å². The number of Topliss-reactive ketones (excluding diaryl/α,β-unsaturated/α-hetero) is 1. The second-order valence-electron chi connectivity index (χ2n) is 7.17. The topological polar surface area (TPSA) is 116 Å². The fourth-order valence-electron chi connectivity index (χ4n) is 3.63. The number of carboxylic acids is 1. The van der Waals surface area contributed by atoms with Crippen molar-refractivity contribution in [3.63, 3.8) is 0 Å². The van der Waals surface area contributed by atoms with Crippen molar-refractivity contribution in [2.24, 2.45) is 0 Å². The zero-order valence-electron chi connectivity index (χ0n) is 15.4. The molecule has 2 aliphatic rings. The summed E-state index contributed by atoms with van der Waals surface area (Å²) in [7, 11) is 1.75. The molecular formula is C18H21N3O5S. The van der Waals surface area contributed by atoms with Gasteiger partial charge in [-0.15, -0.1) is 11.8 Å². The Bertz CT molecular complexity index is 838. The van der Waals surface area contributed by atoms with Crippen molar-refractivity contribution in [3.05, 3.63) is 29.8 Å². The number of anilines is 1. The molecule has 3 N–H and O–H groups in total. The minimum atomic E-state index is -1.75. The highest BCUT2D eigenvalue weighted by atomic mass is 32.2. The van der Waals surface area contributed by atoms with Gasteiger partial charge in [0.25, 0.3) is 11.8 Å². The largest absolute Gasteiger partial charge is 0.480 e. The van der Waals surface area contributed by atoms with E-state index in [9.17, 15) is 24.3 Å². The molecule has 0 bridgehead atoms. The quantitative estimate of drug-likeness (QED) is 0.505. The maximum absolute atomic E-state index is 12.9. The lowest BCUT2D eigenvalue weighted by Gasteiger charge is -2.51. The second-order valence-corrected chi connectivity index (χ2v) is 8.91. The maximum Gasteiger partial charge on any atom is 0.327 e. The van der Waals surface area contributed by atoms with E-state index < -0.39 is 45.3 Å². The first-order valence-corrected chi connectivity index (χ1v) is 9.29. The number of β-lactam (4-membered cyclic amide) rings is 1. The third-order valence-corrected chi connectivity index (χ3v) is 6.72. The molecule has 3 atom stereocenters. The number of ketones is 1. The number of amides is 2. The summed E-state index contributed by atoms with van der Waals surface area (Å²) in [6, 6.07) is 5.53. The van der Waals surface area contributed by atoms with Crippen molar-refractivity contribution in [1.82, 2.24) is 10.2 Å². The molecule has 0 radical (unpaired) electrons. The van der Waals surface area contributed by atoms with Crippen LogP contribution in [0.4, 0.5) is 5.69 Å². The van der Waals surface area contributed by atoms with E-state index in [4.69, 9.17) is 0 Å². The van der Waals surface area contributed by atoms with Gasteiger partial charge in [-0.2, -0.15) is 0 Å². The molecule has 2 heterocycles. The van der Waals surface area contributed by atoms with Crippen LogP contribution in [0.5, 0.6) is 0 Å². The van der Waals surface area contributed by atoms with Crippen molar-refractivity contribution in [3.8, 4) is 0 Å². The third kappa shape index (κ3) is 2.68. The summed E-state index contributed by atoms with van der Waals surface area (Å²) in [5, 5.41) is 14.3. The molecule has 0 aliphatic carbocycles. The van der Waals surface area contributed by atoms with Crippen molar-refractivity contribution in [1.29, 1.82) is 0 Å². The van der Waals surface area contributed by atoms with Crippen LogP contribution >= 0.6 is 11.8 Å². The Morgan fingerprint density at radius 2 is 1.78 bits per heavy atom. The highest BCUT2D eigenvalue weighted by molar-refractivity contribution is 8.01. The Hall–Kier alpha value is -2.55. The first-order valence-electron chi connectivity index (χ1n) is 8.41. The van der Waals surface area contributed by atoms with Crippen LogP contribution < -0.4 is 10.6 Å². The van der Waals surface area contributed by atoms with Gasteiger partial charge >= 0.3 is 5.97 Å². The molecule has 1 aromatic carbocycles. The van der Waals surface area contributed by atoms with Gasteiger partial charge in [0, 0.05) is 23.0 Å². The molecule has 1 unspecified atom stereocenters. The van der Waals surface area contributed by atoms with Crippen LogP contribution in [0.2, 0.25) is 0 Å². The number of aliphatic carboxylic acids is 1. The molecule has 144 valence electrons. The van der Waals surface area contributed by atoms with Crippen molar-refractivity contribution in [2.75, 3.05) is 12.4 Å². The number of carbonyl (C=O) groups excluding carboxylic acids is 3. The average molecular weight is 391 g/mol. The summed E-state index contributed by atoms with van der Waals surface area (Å²) in [6.07, 6.45) is 0. The van der Waals surface area contributed by atoms with E-state index in [1.54, 1.807) is 45.2 Å². The molecule has 0 aromatic heterocycles. The summed E-state index contributed by atoms with van der Waals surface area (Å²) in [5.41, 5.74) is -0.626. The predicted octanol–water partition coefficient (Wildman–Crippen LogP) is 0.933. The van der Waals surface area contributed by atoms with E-state index in [1.165, 1.54) is 23.6 Å². The van der Waals surface area contributed by atoms with Gasteiger partial charge in [0.1, 0.15) is 11.4 Å². The highest BCUT2D eigenvalue weighted by Gasteiger charge is 2.74. The number of carbonyl (C=O) groups is 4. The Morgan fingerprint density at radius 3 is 2.26 bits per heavy atom. The van der Waals surface area contributed by atoms with Crippen LogP contribution in [-0.4, -0.2) is 62.3 Å². The Balaban J connectivity index is 1.92. The maximum atomic E-state index is 12.9. The van der Waals surface area contributed by atoms with Gasteiger partial charge in [-0.05, 0) is 45.0 Å². The standard InChI is InChI=1S/C18H21N3O5S/c1-9(22)18(20-13(23)10-5-7-11(19-4)8-6-10)15(26)21-12(14(24)25)17(2,3)27-16(18)21/h5-8,12,16,19H,1-4H3,(H,20,23)(H,24,25)/t12-,16+,18?/m0/s1. The number of fused-ring (bicyclic) bond motifs is 1. The van der Waals surface area contributed by atoms with E-state index in [2.05, 4.69) is 10.6 Å². The van der Waals surface area contributed by atoms with Gasteiger partial charge in [-0.3, -0.25) is 14.4 Å². The molecule has 0 spiro atoms. The van der Waals surface area contributed by atoms with Crippen molar-refractivity contribution < 1.29 is 24.3 Å². The number of nitrogens with zero attached hydrogens (tertiary/aromatic N) is 1. The second kappa shape index (κ2) is 6.26.